The molecule has 3 N–H and O–H groups in total. The van der Waals surface area contributed by atoms with Crippen molar-refractivity contribution in [1.29, 1.82) is 0 Å². The van der Waals surface area contributed by atoms with Crippen molar-refractivity contribution in [3.8, 4) is 0 Å². The first kappa shape index (κ1) is 14.5. The van der Waals surface area contributed by atoms with E-state index in [-0.39, 0.29) is 25.1 Å². The number of carboxylic acid groups (broad SMARTS) is 2. The molecule has 0 aliphatic carbocycles. The van der Waals surface area contributed by atoms with Crippen LogP contribution in [0.1, 0.15) is 18.7 Å². The van der Waals surface area contributed by atoms with Gasteiger partial charge in [0.2, 0.25) is 5.91 Å². The maximum absolute atomic E-state index is 11.6. The van der Waals surface area contributed by atoms with Gasteiger partial charge in [0.15, 0.2) is 5.82 Å². The van der Waals surface area contributed by atoms with Crippen LogP contribution in [-0.2, 0) is 27.9 Å². The van der Waals surface area contributed by atoms with Crippen molar-refractivity contribution in [3.05, 3.63) is 5.82 Å². The van der Waals surface area contributed by atoms with Gasteiger partial charge in [0.05, 0.1) is 6.42 Å². The van der Waals surface area contributed by atoms with Crippen molar-refractivity contribution in [1.82, 2.24) is 25.5 Å². The summed E-state index contributed by atoms with van der Waals surface area (Å²) >= 11 is 0. The first-order chi connectivity index (χ1) is 8.90. The van der Waals surface area contributed by atoms with E-state index in [4.69, 9.17) is 10.2 Å². The Kier molecular flexibility index (Phi) is 4.92. The fraction of sp³-hybridized carbons (Fsp3) is 0.556. The lowest BCUT2D eigenvalue weighted by Gasteiger charge is -2.12. The van der Waals surface area contributed by atoms with E-state index >= 15 is 0 Å². The minimum Gasteiger partial charge on any atom is -0.481 e. The number of nitrogens with zero attached hydrogens (tertiary/aromatic N) is 4. The van der Waals surface area contributed by atoms with Gasteiger partial charge in [-0.3, -0.25) is 9.59 Å². The maximum Gasteiger partial charge on any atom is 0.326 e. The first-order valence-corrected chi connectivity index (χ1v) is 5.35. The van der Waals surface area contributed by atoms with Crippen molar-refractivity contribution in [2.45, 2.75) is 25.3 Å². The van der Waals surface area contributed by atoms with Crippen LogP contribution in [-0.4, -0.2) is 54.3 Å². The number of aliphatic carboxylic acids is 2. The molecule has 0 radical (unpaired) electrons. The third kappa shape index (κ3) is 4.69. The van der Waals surface area contributed by atoms with Crippen molar-refractivity contribution in [2.24, 2.45) is 7.05 Å². The molecule has 0 aliphatic rings. The summed E-state index contributed by atoms with van der Waals surface area (Å²) < 4.78 is 1.28. The van der Waals surface area contributed by atoms with Crippen LogP contribution in [0.2, 0.25) is 0 Å². The molecule has 0 spiro atoms. The van der Waals surface area contributed by atoms with Gasteiger partial charge in [-0.05, 0) is 16.8 Å². The molecule has 0 aromatic carbocycles. The molecule has 1 amide bonds. The van der Waals surface area contributed by atoms with E-state index in [1.807, 2.05) is 0 Å². The Hall–Kier alpha value is -2.52. The number of amides is 1. The average Bonchev–Trinajstić information content (AvgIpc) is 2.69. The highest BCUT2D eigenvalue weighted by Gasteiger charge is 2.21. The Morgan fingerprint density at radius 2 is 2.05 bits per heavy atom. The van der Waals surface area contributed by atoms with Gasteiger partial charge < -0.3 is 15.5 Å². The molecule has 1 heterocycles. The van der Waals surface area contributed by atoms with Crippen molar-refractivity contribution in [3.63, 3.8) is 0 Å². The number of aryl methyl sites for hydroxylation is 1. The Morgan fingerprint density at radius 1 is 1.37 bits per heavy atom. The quantitative estimate of drug-likeness (QED) is 0.525. The first-order valence-electron chi connectivity index (χ1n) is 5.35. The number of hydrogen-bond acceptors (Lipinski definition) is 6. The molecule has 10 nitrogen and oxygen atoms in total. The molecular formula is C9H13N5O5. The third-order valence-electron chi connectivity index (χ3n) is 2.31. The van der Waals surface area contributed by atoms with Gasteiger partial charge in [0, 0.05) is 13.5 Å². The number of hydrogen-bond donors (Lipinski definition) is 3. The second kappa shape index (κ2) is 6.42. The molecule has 0 saturated heterocycles. The summed E-state index contributed by atoms with van der Waals surface area (Å²) in [5, 5.41) is 30.0. The lowest BCUT2D eigenvalue weighted by atomic mass is 10.1. The minimum atomic E-state index is -1.29. The monoisotopic (exact) mass is 271 g/mol. The maximum atomic E-state index is 11.6. The van der Waals surface area contributed by atoms with Crippen LogP contribution >= 0.6 is 0 Å². The molecule has 19 heavy (non-hydrogen) atoms. The standard InChI is InChI=1S/C9H13N5O5/c1-14-6(11-12-13-14)4-7(15)10-5(9(18)19)2-3-8(16)17/h5H,2-4H2,1H3,(H,10,15)(H,16,17)(H,18,19). The van der Waals surface area contributed by atoms with Crippen LogP contribution in [0.5, 0.6) is 0 Å². The summed E-state index contributed by atoms with van der Waals surface area (Å²) in [6.07, 6.45) is -0.712. The molecular weight excluding hydrogens is 258 g/mol. The van der Waals surface area contributed by atoms with Gasteiger partial charge in [-0.25, -0.2) is 9.48 Å². The summed E-state index contributed by atoms with van der Waals surface area (Å²) in [6.45, 7) is 0. The highest BCUT2D eigenvalue weighted by atomic mass is 16.4. The van der Waals surface area contributed by atoms with Gasteiger partial charge in [-0.15, -0.1) is 5.10 Å². The fourth-order valence-corrected chi connectivity index (χ4v) is 1.31. The van der Waals surface area contributed by atoms with E-state index in [1.165, 1.54) is 4.68 Å². The molecule has 0 bridgehead atoms. The molecule has 1 aromatic rings. The van der Waals surface area contributed by atoms with Gasteiger partial charge in [0.1, 0.15) is 6.04 Å². The van der Waals surface area contributed by atoms with Gasteiger partial charge in [-0.2, -0.15) is 0 Å². The lowest BCUT2D eigenvalue weighted by Crippen LogP contribution is -2.42. The van der Waals surface area contributed by atoms with E-state index in [9.17, 15) is 14.4 Å². The topological polar surface area (TPSA) is 147 Å². The molecule has 1 rings (SSSR count). The molecule has 1 atom stereocenters. The molecule has 0 fully saturated rings. The zero-order chi connectivity index (χ0) is 14.4. The Balaban J connectivity index is 2.54. The fourth-order valence-electron chi connectivity index (χ4n) is 1.31. The number of carbonyl (C=O) groups is 3. The van der Waals surface area contributed by atoms with Crippen LogP contribution in [0.25, 0.3) is 0 Å². The minimum absolute atomic E-state index is 0.180. The molecule has 0 aliphatic heterocycles. The summed E-state index contributed by atoms with van der Waals surface area (Å²) in [5.41, 5.74) is 0. The SMILES string of the molecule is Cn1nnnc1CC(=O)NC(CCC(=O)O)C(=O)O. The van der Waals surface area contributed by atoms with Gasteiger partial charge >= 0.3 is 11.9 Å². The molecule has 0 saturated carbocycles. The Bertz CT molecular complexity index is 485. The smallest absolute Gasteiger partial charge is 0.326 e. The number of tetrazole rings is 1. The molecule has 104 valence electrons. The zero-order valence-electron chi connectivity index (χ0n) is 10.1. The highest BCUT2D eigenvalue weighted by Crippen LogP contribution is 1.99. The highest BCUT2D eigenvalue weighted by molar-refractivity contribution is 5.84. The van der Waals surface area contributed by atoms with Crippen molar-refractivity contribution < 1.29 is 24.6 Å². The number of rotatable bonds is 7. The number of nitrogens with one attached hydrogen (secondary N) is 1. The van der Waals surface area contributed by atoms with E-state index < -0.39 is 23.9 Å². The molecule has 1 aromatic heterocycles. The van der Waals surface area contributed by atoms with Crippen LogP contribution in [0.4, 0.5) is 0 Å². The summed E-state index contributed by atoms with van der Waals surface area (Å²) in [7, 11) is 1.54. The zero-order valence-corrected chi connectivity index (χ0v) is 10.1. The second-order valence-corrected chi connectivity index (χ2v) is 3.79. The van der Waals surface area contributed by atoms with Crippen LogP contribution < -0.4 is 5.32 Å². The summed E-state index contributed by atoms with van der Waals surface area (Å²) in [5.74, 6) is -2.72. The second-order valence-electron chi connectivity index (χ2n) is 3.79. The van der Waals surface area contributed by atoms with Crippen LogP contribution in [0.3, 0.4) is 0 Å². The number of aromatic nitrogens is 4. The largest absolute Gasteiger partial charge is 0.481 e. The van der Waals surface area contributed by atoms with Gasteiger partial charge in [0.25, 0.3) is 0 Å². The molecule has 10 heteroatoms. The van der Waals surface area contributed by atoms with Gasteiger partial charge in [-0.1, -0.05) is 0 Å². The third-order valence-corrected chi connectivity index (χ3v) is 2.31. The average molecular weight is 271 g/mol. The van der Waals surface area contributed by atoms with Crippen molar-refractivity contribution >= 4 is 17.8 Å². The predicted octanol–water partition coefficient (Wildman–Crippen LogP) is -1.81. The lowest BCUT2D eigenvalue weighted by molar-refractivity contribution is -0.143. The normalized spacial score (nSPS) is 11.8. The van der Waals surface area contributed by atoms with Crippen molar-refractivity contribution in [2.75, 3.05) is 0 Å². The van der Waals surface area contributed by atoms with Crippen LogP contribution in [0, 0.1) is 0 Å². The molecule has 1 unspecified atom stereocenters. The summed E-state index contributed by atoms with van der Waals surface area (Å²) in [4.78, 5) is 32.8. The van der Waals surface area contributed by atoms with E-state index in [2.05, 4.69) is 20.8 Å². The Labute approximate surface area is 107 Å². The van der Waals surface area contributed by atoms with E-state index in [0.717, 1.165) is 0 Å². The van der Waals surface area contributed by atoms with Crippen LogP contribution in [0.15, 0.2) is 0 Å². The number of carbonyl (C=O) groups excluding carboxylic acids is 1. The summed E-state index contributed by atoms with van der Waals surface area (Å²) in [6, 6.07) is -1.25. The predicted molar refractivity (Wildman–Crippen MR) is 58.9 cm³/mol. The van der Waals surface area contributed by atoms with E-state index in [1.54, 1.807) is 7.05 Å². The number of carboxylic acids is 2. The van der Waals surface area contributed by atoms with E-state index in [0.29, 0.717) is 0 Å². The Morgan fingerprint density at radius 3 is 2.53 bits per heavy atom.